The highest BCUT2D eigenvalue weighted by Gasteiger charge is 2.37. The van der Waals surface area contributed by atoms with Crippen molar-refractivity contribution in [1.29, 1.82) is 0 Å². The Kier molecular flexibility index (Phi) is 3.47. The lowest BCUT2D eigenvalue weighted by Crippen LogP contribution is -2.34. The Morgan fingerprint density at radius 1 is 1.33 bits per heavy atom. The fourth-order valence-electron chi connectivity index (χ4n) is 3.13. The Labute approximate surface area is 110 Å². The largest absolute Gasteiger partial charge is 0.399 e. The van der Waals surface area contributed by atoms with Crippen LogP contribution in [0.1, 0.15) is 55.5 Å². The monoisotopic (exact) mass is 245 g/mol. The van der Waals surface area contributed by atoms with Crippen LogP contribution >= 0.6 is 0 Å². The second-order valence-electron chi connectivity index (χ2n) is 6.23. The van der Waals surface area contributed by atoms with Gasteiger partial charge in [-0.3, -0.25) is 4.79 Å². The molecule has 18 heavy (non-hydrogen) atoms. The van der Waals surface area contributed by atoms with E-state index in [1.807, 2.05) is 25.1 Å². The van der Waals surface area contributed by atoms with Crippen molar-refractivity contribution >= 4 is 11.5 Å². The summed E-state index contributed by atoms with van der Waals surface area (Å²) in [4.78, 5) is 12.7. The quantitative estimate of drug-likeness (QED) is 0.632. The Morgan fingerprint density at radius 3 is 2.67 bits per heavy atom. The molecule has 0 aromatic heterocycles. The normalized spacial score (nSPS) is 22.7. The highest BCUT2D eigenvalue weighted by molar-refractivity contribution is 6.00. The lowest BCUT2D eigenvalue weighted by molar-refractivity contribution is 0.0697. The summed E-state index contributed by atoms with van der Waals surface area (Å²) in [6, 6.07) is 5.61. The Bertz CT molecular complexity index is 462. The summed E-state index contributed by atoms with van der Waals surface area (Å²) >= 11 is 0. The summed E-state index contributed by atoms with van der Waals surface area (Å²) < 4.78 is 0. The third-order valence-corrected chi connectivity index (χ3v) is 4.34. The number of benzene rings is 1. The van der Waals surface area contributed by atoms with Crippen LogP contribution in [0.3, 0.4) is 0 Å². The number of hydrogen-bond donors (Lipinski definition) is 1. The third-order valence-electron chi connectivity index (χ3n) is 4.34. The summed E-state index contributed by atoms with van der Waals surface area (Å²) in [5.41, 5.74) is 8.46. The van der Waals surface area contributed by atoms with Crippen LogP contribution < -0.4 is 5.73 Å². The maximum atomic E-state index is 12.7. The van der Waals surface area contributed by atoms with E-state index in [-0.39, 0.29) is 11.3 Å². The van der Waals surface area contributed by atoms with E-state index in [9.17, 15) is 4.79 Å². The van der Waals surface area contributed by atoms with Gasteiger partial charge in [0.15, 0.2) is 5.78 Å². The number of nitrogen functional groups attached to an aromatic ring is 1. The van der Waals surface area contributed by atoms with Gasteiger partial charge < -0.3 is 5.73 Å². The Balaban J connectivity index is 2.30. The number of carbonyl (C=O) groups is 1. The van der Waals surface area contributed by atoms with E-state index < -0.39 is 0 Å². The number of ketones is 1. The molecule has 0 spiro atoms. The van der Waals surface area contributed by atoms with E-state index >= 15 is 0 Å². The molecule has 0 saturated heterocycles. The van der Waals surface area contributed by atoms with E-state index in [0.717, 1.165) is 29.7 Å². The smallest absolute Gasteiger partial charge is 0.166 e. The molecule has 98 valence electrons. The number of carbonyl (C=O) groups excluding carboxylic acids is 1. The minimum Gasteiger partial charge on any atom is -0.399 e. The standard InChI is InChI=1S/C16H23NO/c1-11-10-12(17)7-8-13(11)15(18)14-6-4-5-9-16(14,2)3/h7-8,10,14H,4-6,9,17H2,1-3H3. The second kappa shape index (κ2) is 4.75. The zero-order valence-electron chi connectivity index (χ0n) is 11.6. The van der Waals surface area contributed by atoms with Crippen molar-refractivity contribution < 1.29 is 4.79 Å². The van der Waals surface area contributed by atoms with Crippen molar-refractivity contribution in [3.63, 3.8) is 0 Å². The molecule has 0 radical (unpaired) electrons. The molecule has 1 aliphatic carbocycles. The molecule has 1 aliphatic rings. The van der Waals surface area contributed by atoms with Crippen LogP contribution in [0, 0.1) is 18.3 Å². The number of nitrogens with two attached hydrogens (primary N) is 1. The number of anilines is 1. The van der Waals surface area contributed by atoms with Crippen LogP contribution in [0.15, 0.2) is 18.2 Å². The Morgan fingerprint density at radius 2 is 2.06 bits per heavy atom. The van der Waals surface area contributed by atoms with E-state index in [2.05, 4.69) is 13.8 Å². The van der Waals surface area contributed by atoms with E-state index in [1.165, 1.54) is 12.8 Å². The molecule has 2 rings (SSSR count). The summed E-state index contributed by atoms with van der Waals surface area (Å²) in [6.45, 7) is 6.42. The van der Waals surface area contributed by atoms with Crippen molar-refractivity contribution in [2.24, 2.45) is 11.3 Å². The lowest BCUT2D eigenvalue weighted by Gasteiger charge is -2.37. The number of rotatable bonds is 2. The molecule has 1 aromatic carbocycles. The molecule has 1 aromatic rings. The fourth-order valence-corrected chi connectivity index (χ4v) is 3.13. The van der Waals surface area contributed by atoms with Crippen molar-refractivity contribution in [3.8, 4) is 0 Å². The van der Waals surface area contributed by atoms with Gasteiger partial charge in [0.25, 0.3) is 0 Å². The minimum absolute atomic E-state index is 0.128. The van der Waals surface area contributed by atoms with Gasteiger partial charge in [0.1, 0.15) is 0 Å². The molecule has 0 heterocycles. The summed E-state index contributed by atoms with van der Waals surface area (Å²) in [5.74, 6) is 0.464. The van der Waals surface area contributed by atoms with Crippen molar-refractivity contribution in [3.05, 3.63) is 29.3 Å². The Hall–Kier alpha value is -1.31. The average molecular weight is 245 g/mol. The topological polar surface area (TPSA) is 43.1 Å². The predicted molar refractivity (Wildman–Crippen MR) is 75.7 cm³/mol. The van der Waals surface area contributed by atoms with Crippen LogP contribution in [-0.4, -0.2) is 5.78 Å². The van der Waals surface area contributed by atoms with Crippen molar-refractivity contribution in [1.82, 2.24) is 0 Å². The van der Waals surface area contributed by atoms with E-state index in [0.29, 0.717) is 5.78 Å². The molecular formula is C16H23NO. The van der Waals surface area contributed by atoms with Crippen LogP contribution in [-0.2, 0) is 0 Å². The number of aryl methyl sites for hydroxylation is 1. The van der Waals surface area contributed by atoms with Gasteiger partial charge in [-0.2, -0.15) is 0 Å². The fraction of sp³-hybridized carbons (Fsp3) is 0.562. The second-order valence-corrected chi connectivity index (χ2v) is 6.23. The highest BCUT2D eigenvalue weighted by Crippen LogP contribution is 2.42. The molecule has 1 atom stereocenters. The lowest BCUT2D eigenvalue weighted by atomic mass is 9.66. The molecule has 1 saturated carbocycles. The van der Waals surface area contributed by atoms with Gasteiger partial charge in [-0.25, -0.2) is 0 Å². The molecule has 1 unspecified atom stereocenters. The van der Waals surface area contributed by atoms with Crippen LogP contribution in [0.4, 0.5) is 5.69 Å². The molecule has 2 heteroatoms. The van der Waals surface area contributed by atoms with Crippen molar-refractivity contribution in [2.45, 2.75) is 46.5 Å². The zero-order chi connectivity index (χ0) is 13.3. The summed E-state index contributed by atoms with van der Waals surface area (Å²) in [5, 5.41) is 0. The zero-order valence-corrected chi connectivity index (χ0v) is 11.6. The summed E-state index contributed by atoms with van der Waals surface area (Å²) in [7, 11) is 0. The van der Waals surface area contributed by atoms with Crippen LogP contribution in [0.2, 0.25) is 0 Å². The van der Waals surface area contributed by atoms with Gasteiger partial charge in [-0.15, -0.1) is 0 Å². The van der Waals surface area contributed by atoms with E-state index in [4.69, 9.17) is 5.73 Å². The molecule has 2 N–H and O–H groups in total. The van der Waals surface area contributed by atoms with Gasteiger partial charge >= 0.3 is 0 Å². The molecule has 0 amide bonds. The highest BCUT2D eigenvalue weighted by atomic mass is 16.1. The average Bonchev–Trinajstić information content (AvgIpc) is 2.27. The molecule has 1 fully saturated rings. The number of hydrogen-bond acceptors (Lipinski definition) is 2. The first kappa shape index (κ1) is 13.1. The molecule has 0 aliphatic heterocycles. The van der Waals surface area contributed by atoms with Gasteiger partial charge in [-0.05, 0) is 48.9 Å². The first-order valence-electron chi connectivity index (χ1n) is 6.82. The molecular weight excluding hydrogens is 222 g/mol. The van der Waals surface area contributed by atoms with Crippen molar-refractivity contribution in [2.75, 3.05) is 5.73 Å². The minimum atomic E-state index is 0.128. The van der Waals surface area contributed by atoms with Gasteiger partial charge in [0.2, 0.25) is 0 Å². The molecule has 2 nitrogen and oxygen atoms in total. The third kappa shape index (κ3) is 2.43. The SMILES string of the molecule is Cc1cc(N)ccc1C(=O)C1CCCCC1(C)C. The predicted octanol–water partition coefficient (Wildman–Crippen LogP) is 3.98. The molecule has 0 bridgehead atoms. The van der Waals surface area contributed by atoms with Gasteiger partial charge in [0, 0.05) is 17.2 Å². The number of Topliss-reactive ketones (excluding diaryl/α,β-unsaturated/α-hetero) is 1. The van der Waals surface area contributed by atoms with Gasteiger partial charge in [0.05, 0.1) is 0 Å². The van der Waals surface area contributed by atoms with Crippen LogP contribution in [0.25, 0.3) is 0 Å². The van der Waals surface area contributed by atoms with Crippen LogP contribution in [0.5, 0.6) is 0 Å². The van der Waals surface area contributed by atoms with Gasteiger partial charge in [-0.1, -0.05) is 26.7 Å². The summed E-state index contributed by atoms with van der Waals surface area (Å²) in [6.07, 6.45) is 4.60. The first-order valence-corrected chi connectivity index (χ1v) is 6.82. The first-order chi connectivity index (χ1) is 8.42. The van der Waals surface area contributed by atoms with E-state index in [1.54, 1.807) is 0 Å². The maximum Gasteiger partial charge on any atom is 0.166 e. The maximum absolute atomic E-state index is 12.7.